The Morgan fingerprint density at radius 2 is 1.83 bits per heavy atom. The zero-order valence-corrected chi connectivity index (χ0v) is 16.2. The van der Waals surface area contributed by atoms with Gasteiger partial charge >= 0.3 is 0 Å². The second-order valence-corrected chi connectivity index (χ2v) is 7.34. The lowest BCUT2D eigenvalue weighted by molar-refractivity contribution is 0.151. The summed E-state index contributed by atoms with van der Waals surface area (Å²) in [5, 5.41) is 21.1. The van der Waals surface area contributed by atoms with Gasteiger partial charge in [-0.05, 0) is 30.5 Å². The van der Waals surface area contributed by atoms with Crippen LogP contribution < -0.4 is 10.6 Å². The molecule has 30 heavy (non-hydrogen) atoms. The Bertz CT molecular complexity index is 970. The van der Waals surface area contributed by atoms with Gasteiger partial charge in [0.05, 0.1) is 0 Å². The highest BCUT2D eigenvalue weighted by Gasteiger charge is 2.35. The van der Waals surface area contributed by atoms with Crippen LogP contribution in [0.4, 0.5) is 14.6 Å². The standard InChI is InChI=1S/C20H22F2N6O2/c21-18(22)13-1-3-14(4-2-13)20(12-23)7-9-28(10-8-20)17-6-5-15(25-26-17)19-24-16(11-29)27-30-19/h1-6,18,29H,7-12,23H2. The van der Waals surface area contributed by atoms with E-state index >= 15 is 0 Å². The maximum Gasteiger partial charge on any atom is 0.278 e. The molecule has 8 nitrogen and oxygen atoms in total. The SMILES string of the molecule is NCC1(c2ccc(C(F)F)cc2)CCN(c2ccc(-c3nc(CO)no3)nn2)CC1. The number of nitrogens with zero attached hydrogens (tertiary/aromatic N) is 5. The van der Waals surface area contributed by atoms with Crippen molar-refractivity contribution in [1.29, 1.82) is 0 Å². The van der Waals surface area contributed by atoms with Crippen molar-refractivity contribution in [2.45, 2.75) is 31.3 Å². The molecule has 3 aromatic rings. The van der Waals surface area contributed by atoms with Crippen LogP contribution >= 0.6 is 0 Å². The van der Waals surface area contributed by atoms with Crippen LogP contribution in [0, 0.1) is 0 Å². The average molecular weight is 416 g/mol. The highest BCUT2D eigenvalue weighted by Crippen LogP contribution is 2.36. The van der Waals surface area contributed by atoms with Crippen molar-refractivity contribution >= 4 is 5.82 Å². The molecule has 0 atom stereocenters. The smallest absolute Gasteiger partial charge is 0.278 e. The van der Waals surface area contributed by atoms with Crippen LogP contribution in [0.5, 0.6) is 0 Å². The summed E-state index contributed by atoms with van der Waals surface area (Å²) in [5.74, 6) is 1.11. The minimum atomic E-state index is -2.47. The molecule has 0 spiro atoms. The number of alkyl halides is 2. The van der Waals surface area contributed by atoms with Crippen molar-refractivity contribution in [2.24, 2.45) is 5.73 Å². The van der Waals surface area contributed by atoms with Crippen LogP contribution in [0.1, 0.15) is 36.2 Å². The summed E-state index contributed by atoms with van der Waals surface area (Å²) in [6.07, 6.45) is -0.909. The van der Waals surface area contributed by atoms with Crippen molar-refractivity contribution in [3.05, 3.63) is 53.3 Å². The van der Waals surface area contributed by atoms with Crippen molar-refractivity contribution in [3.8, 4) is 11.6 Å². The third kappa shape index (κ3) is 3.88. The molecule has 3 N–H and O–H groups in total. The number of hydrogen-bond donors (Lipinski definition) is 2. The molecule has 1 saturated heterocycles. The van der Waals surface area contributed by atoms with E-state index in [2.05, 4.69) is 25.2 Å². The molecule has 0 aliphatic carbocycles. The van der Waals surface area contributed by atoms with Crippen LogP contribution in [-0.2, 0) is 12.0 Å². The van der Waals surface area contributed by atoms with E-state index < -0.39 is 6.43 Å². The van der Waals surface area contributed by atoms with Gasteiger partial charge in [0.25, 0.3) is 12.3 Å². The van der Waals surface area contributed by atoms with E-state index in [9.17, 15) is 8.78 Å². The van der Waals surface area contributed by atoms with Crippen LogP contribution in [0.3, 0.4) is 0 Å². The number of aliphatic hydroxyl groups excluding tert-OH is 1. The van der Waals surface area contributed by atoms with Crippen LogP contribution in [0.15, 0.2) is 40.9 Å². The molecular weight excluding hydrogens is 394 g/mol. The Labute approximate surface area is 171 Å². The van der Waals surface area contributed by atoms with Gasteiger partial charge in [-0.25, -0.2) is 8.78 Å². The first-order valence-corrected chi connectivity index (χ1v) is 9.66. The molecule has 3 heterocycles. The fourth-order valence-corrected chi connectivity index (χ4v) is 3.79. The molecule has 0 unspecified atom stereocenters. The number of aliphatic hydroxyl groups is 1. The molecule has 1 aliphatic heterocycles. The summed E-state index contributed by atoms with van der Waals surface area (Å²) in [5.41, 5.74) is 7.31. The van der Waals surface area contributed by atoms with E-state index in [1.54, 1.807) is 18.2 Å². The summed E-state index contributed by atoms with van der Waals surface area (Å²) in [4.78, 5) is 6.13. The van der Waals surface area contributed by atoms with Crippen molar-refractivity contribution in [3.63, 3.8) is 0 Å². The molecule has 10 heteroatoms. The molecule has 1 fully saturated rings. The second kappa shape index (κ2) is 8.41. The van der Waals surface area contributed by atoms with E-state index in [-0.39, 0.29) is 29.3 Å². The average Bonchev–Trinajstić information content (AvgIpc) is 3.29. The number of benzene rings is 1. The van der Waals surface area contributed by atoms with Crippen molar-refractivity contribution in [2.75, 3.05) is 24.5 Å². The number of hydrogen-bond acceptors (Lipinski definition) is 8. The largest absolute Gasteiger partial charge is 0.388 e. The molecule has 158 valence electrons. The van der Waals surface area contributed by atoms with Crippen LogP contribution in [0.2, 0.25) is 0 Å². The first-order valence-electron chi connectivity index (χ1n) is 9.66. The third-order valence-corrected chi connectivity index (χ3v) is 5.69. The van der Waals surface area contributed by atoms with Gasteiger partial charge < -0.3 is 20.3 Å². The monoisotopic (exact) mass is 416 g/mol. The predicted octanol–water partition coefficient (Wildman–Crippen LogP) is 2.45. The van der Waals surface area contributed by atoms with Gasteiger partial charge in [-0.1, -0.05) is 29.4 Å². The number of halogens is 2. The van der Waals surface area contributed by atoms with Gasteiger partial charge in [0, 0.05) is 30.6 Å². The zero-order chi connectivity index (χ0) is 21.1. The van der Waals surface area contributed by atoms with Gasteiger partial charge in [0.15, 0.2) is 17.3 Å². The fourth-order valence-electron chi connectivity index (χ4n) is 3.79. The summed E-state index contributed by atoms with van der Waals surface area (Å²) >= 11 is 0. The molecular formula is C20H22F2N6O2. The Kier molecular flexibility index (Phi) is 5.69. The van der Waals surface area contributed by atoms with Gasteiger partial charge in [-0.3, -0.25) is 0 Å². The van der Waals surface area contributed by atoms with E-state index in [1.165, 1.54) is 12.1 Å². The van der Waals surface area contributed by atoms with E-state index in [4.69, 9.17) is 15.4 Å². The van der Waals surface area contributed by atoms with E-state index in [1.807, 2.05) is 6.07 Å². The highest BCUT2D eigenvalue weighted by molar-refractivity contribution is 5.49. The quantitative estimate of drug-likeness (QED) is 0.630. The molecule has 1 aliphatic rings. The Morgan fingerprint density at radius 1 is 1.10 bits per heavy atom. The predicted molar refractivity (Wildman–Crippen MR) is 105 cm³/mol. The Hall–Kier alpha value is -2.98. The summed E-state index contributed by atoms with van der Waals surface area (Å²) in [6.45, 7) is 1.58. The molecule has 0 radical (unpaired) electrons. The van der Waals surface area contributed by atoms with Gasteiger partial charge in [-0.15, -0.1) is 10.2 Å². The molecule has 0 saturated carbocycles. The van der Waals surface area contributed by atoms with E-state index in [0.29, 0.717) is 12.2 Å². The maximum absolute atomic E-state index is 12.8. The first-order chi connectivity index (χ1) is 14.5. The molecule has 0 amide bonds. The van der Waals surface area contributed by atoms with E-state index in [0.717, 1.165) is 37.3 Å². The lowest BCUT2D eigenvalue weighted by Crippen LogP contribution is -2.47. The second-order valence-electron chi connectivity index (χ2n) is 7.34. The summed E-state index contributed by atoms with van der Waals surface area (Å²) < 4.78 is 30.7. The Morgan fingerprint density at radius 3 is 2.37 bits per heavy atom. The first kappa shape index (κ1) is 20.3. The summed E-state index contributed by atoms with van der Waals surface area (Å²) in [6, 6.07) is 10.1. The molecule has 1 aromatic carbocycles. The zero-order valence-electron chi connectivity index (χ0n) is 16.2. The van der Waals surface area contributed by atoms with Gasteiger partial charge in [0.1, 0.15) is 6.61 Å². The third-order valence-electron chi connectivity index (χ3n) is 5.69. The van der Waals surface area contributed by atoms with Gasteiger partial charge in [-0.2, -0.15) is 4.98 Å². The van der Waals surface area contributed by atoms with Crippen molar-refractivity contribution < 1.29 is 18.4 Å². The minimum Gasteiger partial charge on any atom is -0.388 e. The number of piperidine rings is 1. The van der Waals surface area contributed by atoms with Crippen LogP contribution in [-0.4, -0.2) is 45.1 Å². The lowest BCUT2D eigenvalue weighted by atomic mass is 9.72. The number of rotatable bonds is 6. The van der Waals surface area contributed by atoms with Gasteiger partial charge in [0.2, 0.25) is 0 Å². The van der Waals surface area contributed by atoms with Crippen molar-refractivity contribution in [1.82, 2.24) is 20.3 Å². The topological polar surface area (TPSA) is 114 Å². The number of anilines is 1. The maximum atomic E-state index is 12.8. The summed E-state index contributed by atoms with van der Waals surface area (Å²) in [7, 11) is 0. The molecule has 2 aromatic heterocycles. The lowest BCUT2D eigenvalue weighted by Gasteiger charge is -2.42. The number of nitrogens with two attached hydrogens (primary N) is 1. The fraction of sp³-hybridized carbons (Fsp3) is 0.400. The van der Waals surface area contributed by atoms with Crippen LogP contribution in [0.25, 0.3) is 11.6 Å². The highest BCUT2D eigenvalue weighted by atomic mass is 19.3. The molecule has 0 bridgehead atoms. The molecule has 4 rings (SSSR count). The Balaban J connectivity index is 1.45. The number of aromatic nitrogens is 4. The minimum absolute atomic E-state index is 0.0195. The normalized spacial score (nSPS) is 16.2.